The molecule has 1 N–H and O–H groups in total. The van der Waals surface area contributed by atoms with Crippen LogP contribution in [0.4, 0.5) is 28.9 Å². The number of aromatic nitrogens is 1. The number of alkyl halides is 3. The lowest BCUT2D eigenvalue weighted by atomic mass is 10.1. The maximum absolute atomic E-state index is 13.7. The minimum atomic E-state index is -4.54. The van der Waals surface area contributed by atoms with E-state index < -0.39 is 39.6 Å². The Kier molecular flexibility index (Phi) is 7.14. The molecule has 8 nitrogen and oxygen atoms in total. The van der Waals surface area contributed by atoms with Crippen molar-refractivity contribution < 1.29 is 32.0 Å². The molecule has 1 amide bonds. The zero-order valence-electron chi connectivity index (χ0n) is 16.0. The van der Waals surface area contributed by atoms with Gasteiger partial charge in [0.25, 0.3) is 11.6 Å². The Balaban J connectivity index is 1.92. The number of amides is 1. The Morgan fingerprint density at radius 3 is 2.60 bits per heavy atom. The van der Waals surface area contributed by atoms with Gasteiger partial charge in [-0.25, -0.2) is 9.37 Å². The van der Waals surface area contributed by atoms with Crippen molar-refractivity contribution in [2.45, 2.75) is 12.6 Å². The standard InChI is InChI=1S/C18H18F4N4O4/c1-25(2)15-8-11(18(20,21)22)10-24-17(15)30-7-3-6-23-16(27)13-9-12(26(28)29)4-5-14(13)19/h4-5,8-10H,3,6-7H2,1-2H3,(H,23,27). The zero-order chi connectivity index (χ0) is 22.5. The third-order valence-electron chi connectivity index (χ3n) is 3.89. The van der Waals surface area contributed by atoms with E-state index >= 15 is 0 Å². The molecular weight excluding hydrogens is 412 g/mol. The number of nitrogens with one attached hydrogen (secondary N) is 1. The van der Waals surface area contributed by atoms with Gasteiger partial charge in [-0.15, -0.1) is 0 Å². The lowest BCUT2D eigenvalue weighted by Crippen LogP contribution is -2.26. The molecule has 0 aliphatic rings. The molecule has 0 bridgehead atoms. The Morgan fingerprint density at radius 1 is 1.30 bits per heavy atom. The molecule has 30 heavy (non-hydrogen) atoms. The summed E-state index contributed by atoms with van der Waals surface area (Å²) in [6.45, 7) is 0.0514. The zero-order valence-corrected chi connectivity index (χ0v) is 16.0. The fourth-order valence-corrected chi connectivity index (χ4v) is 2.37. The van der Waals surface area contributed by atoms with Crippen molar-refractivity contribution in [2.75, 3.05) is 32.1 Å². The van der Waals surface area contributed by atoms with E-state index in [-0.39, 0.29) is 31.1 Å². The molecule has 162 valence electrons. The number of benzene rings is 1. The summed E-state index contributed by atoms with van der Waals surface area (Å²) in [5.41, 5.74) is -1.67. The fraction of sp³-hybridized carbons (Fsp3) is 0.333. The number of nitro groups is 1. The lowest BCUT2D eigenvalue weighted by Gasteiger charge is -2.18. The third kappa shape index (κ3) is 5.78. The van der Waals surface area contributed by atoms with Gasteiger partial charge in [0.2, 0.25) is 5.88 Å². The van der Waals surface area contributed by atoms with Gasteiger partial charge in [-0.1, -0.05) is 0 Å². The fourth-order valence-electron chi connectivity index (χ4n) is 2.37. The van der Waals surface area contributed by atoms with Crippen LogP contribution >= 0.6 is 0 Å². The molecule has 0 aliphatic heterocycles. The summed E-state index contributed by atoms with van der Waals surface area (Å²) in [7, 11) is 3.08. The van der Waals surface area contributed by atoms with E-state index in [2.05, 4.69) is 10.3 Å². The average molecular weight is 430 g/mol. The summed E-state index contributed by atoms with van der Waals surface area (Å²) >= 11 is 0. The van der Waals surface area contributed by atoms with E-state index in [1.165, 1.54) is 19.0 Å². The van der Waals surface area contributed by atoms with Crippen LogP contribution in [0.3, 0.4) is 0 Å². The van der Waals surface area contributed by atoms with Gasteiger partial charge in [0.05, 0.1) is 28.3 Å². The second-order valence-corrected chi connectivity index (χ2v) is 6.32. The number of nitrogens with zero attached hydrogens (tertiary/aromatic N) is 3. The number of carbonyl (C=O) groups is 1. The van der Waals surface area contributed by atoms with Crippen LogP contribution < -0.4 is 15.0 Å². The molecule has 1 aromatic carbocycles. The molecule has 0 radical (unpaired) electrons. The minimum absolute atomic E-state index is 0.0101. The van der Waals surface area contributed by atoms with Crippen molar-refractivity contribution in [3.05, 3.63) is 57.5 Å². The predicted molar refractivity (Wildman–Crippen MR) is 99.1 cm³/mol. The van der Waals surface area contributed by atoms with Crippen LogP contribution in [0.5, 0.6) is 5.88 Å². The highest BCUT2D eigenvalue weighted by molar-refractivity contribution is 5.95. The van der Waals surface area contributed by atoms with E-state index in [1.807, 2.05) is 0 Å². The second kappa shape index (κ2) is 9.37. The Labute approximate surface area is 168 Å². The quantitative estimate of drug-likeness (QED) is 0.298. The normalized spacial score (nSPS) is 11.1. The number of hydrogen-bond acceptors (Lipinski definition) is 6. The number of ether oxygens (including phenoxy) is 1. The molecule has 0 fully saturated rings. The van der Waals surface area contributed by atoms with Gasteiger partial charge in [-0.3, -0.25) is 14.9 Å². The number of pyridine rings is 1. The maximum atomic E-state index is 13.7. The molecule has 0 aliphatic carbocycles. The maximum Gasteiger partial charge on any atom is 0.417 e. The van der Waals surface area contributed by atoms with Crippen LogP contribution in [0.1, 0.15) is 22.3 Å². The van der Waals surface area contributed by atoms with E-state index in [9.17, 15) is 32.5 Å². The number of non-ortho nitro benzene ring substituents is 1. The number of anilines is 1. The number of halogens is 4. The third-order valence-corrected chi connectivity index (χ3v) is 3.89. The van der Waals surface area contributed by atoms with Crippen molar-refractivity contribution in [1.82, 2.24) is 10.3 Å². The Bertz CT molecular complexity index is 935. The van der Waals surface area contributed by atoms with Crippen LogP contribution in [-0.2, 0) is 6.18 Å². The highest BCUT2D eigenvalue weighted by Gasteiger charge is 2.32. The Hall–Kier alpha value is -3.44. The van der Waals surface area contributed by atoms with Gasteiger partial charge >= 0.3 is 6.18 Å². The summed E-state index contributed by atoms with van der Waals surface area (Å²) in [6, 6.07) is 3.51. The summed E-state index contributed by atoms with van der Waals surface area (Å²) in [6.07, 6.45) is -3.64. The summed E-state index contributed by atoms with van der Waals surface area (Å²) in [5.74, 6) is -1.75. The first-order chi connectivity index (χ1) is 14.0. The molecular formula is C18H18F4N4O4. The van der Waals surface area contributed by atoms with Crippen LogP contribution in [-0.4, -0.2) is 43.1 Å². The van der Waals surface area contributed by atoms with E-state index in [0.29, 0.717) is 6.20 Å². The summed E-state index contributed by atoms with van der Waals surface area (Å²) in [4.78, 5) is 27.1. The van der Waals surface area contributed by atoms with E-state index in [4.69, 9.17) is 4.74 Å². The van der Waals surface area contributed by atoms with Crippen molar-refractivity contribution in [2.24, 2.45) is 0 Å². The van der Waals surface area contributed by atoms with Gasteiger partial charge in [0.15, 0.2) is 0 Å². The number of nitro benzene ring substituents is 1. The smallest absolute Gasteiger partial charge is 0.417 e. The molecule has 12 heteroatoms. The van der Waals surface area contributed by atoms with Crippen molar-refractivity contribution in [1.29, 1.82) is 0 Å². The van der Waals surface area contributed by atoms with Gasteiger partial charge in [0, 0.05) is 39.0 Å². The highest BCUT2D eigenvalue weighted by Crippen LogP contribution is 2.34. The van der Waals surface area contributed by atoms with E-state index in [1.54, 1.807) is 0 Å². The van der Waals surface area contributed by atoms with Gasteiger partial charge in [-0.2, -0.15) is 13.2 Å². The van der Waals surface area contributed by atoms with Crippen LogP contribution in [0.2, 0.25) is 0 Å². The molecule has 0 unspecified atom stereocenters. The topological polar surface area (TPSA) is 97.6 Å². The molecule has 0 spiro atoms. The van der Waals surface area contributed by atoms with Gasteiger partial charge in [0.1, 0.15) is 5.82 Å². The molecule has 2 aromatic rings. The first-order valence-electron chi connectivity index (χ1n) is 8.60. The second-order valence-electron chi connectivity index (χ2n) is 6.32. The number of rotatable bonds is 8. The van der Waals surface area contributed by atoms with Crippen LogP contribution in [0.25, 0.3) is 0 Å². The first kappa shape index (κ1) is 22.8. The molecule has 1 aromatic heterocycles. The van der Waals surface area contributed by atoms with Gasteiger partial charge < -0.3 is 15.0 Å². The SMILES string of the molecule is CN(C)c1cc(C(F)(F)F)cnc1OCCCNC(=O)c1cc([N+](=O)[O-])ccc1F. The van der Waals surface area contributed by atoms with Crippen LogP contribution in [0, 0.1) is 15.9 Å². The highest BCUT2D eigenvalue weighted by atomic mass is 19.4. The lowest BCUT2D eigenvalue weighted by molar-refractivity contribution is -0.384. The Morgan fingerprint density at radius 2 is 2.00 bits per heavy atom. The van der Waals surface area contributed by atoms with E-state index in [0.717, 1.165) is 24.3 Å². The van der Waals surface area contributed by atoms with Crippen molar-refractivity contribution >= 4 is 17.3 Å². The number of hydrogen-bond donors (Lipinski definition) is 1. The number of carbonyl (C=O) groups excluding carboxylic acids is 1. The monoisotopic (exact) mass is 430 g/mol. The molecule has 0 saturated heterocycles. The summed E-state index contributed by atoms with van der Waals surface area (Å²) in [5, 5.41) is 13.1. The molecule has 0 atom stereocenters. The molecule has 1 heterocycles. The predicted octanol–water partition coefficient (Wildman–Crippen LogP) is 3.41. The summed E-state index contributed by atoms with van der Waals surface area (Å²) < 4.78 is 57.6. The molecule has 0 saturated carbocycles. The minimum Gasteiger partial charge on any atom is -0.476 e. The van der Waals surface area contributed by atoms with Crippen molar-refractivity contribution in [3.8, 4) is 5.88 Å². The van der Waals surface area contributed by atoms with Gasteiger partial charge in [-0.05, 0) is 18.6 Å². The molecule has 2 rings (SSSR count). The van der Waals surface area contributed by atoms with Crippen LogP contribution in [0.15, 0.2) is 30.5 Å². The largest absolute Gasteiger partial charge is 0.476 e. The van der Waals surface area contributed by atoms with Crippen molar-refractivity contribution in [3.63, 3.8) is 0 Å². The average Bonchev–Trinajstić information content (AvgIpc) is 2.66. The first-order valence-corrected chi connectivity index (χ1v) is 8.60.